The molecule has 94 valence electrons. The third-order valence-corrected chi connectivity index (χ3v) is 2.99. The highest BCUT2D eigenvalue weighted by Gasteiger charge is 2.13. The molecule has 0 bridgehead atoms. The summed E-state index contributed by atoms with van der Waals surface area (Å²) in [4.78, 5) is 17.8. The van der Waals surface area contributed by atoms with Gasteiger partial charge in [-0.2, -0.15) is 0 Å². The molecular formula is C14H22N2O. The van der Waals surface area contributed by atoms with Gasteiger partial charge in [-0.1, -0.05) is 13.8 Å². The van der Waals surface area contributed by atoms with Gasteiger partial charge in [0.2, 0.25) is 0 Å². The molecule has 0 saturated carbocycles. The molecule has 0 aliphatic carbocycles. The van der Waals surface area contributed by atoms with Crippen LogP contribution in [0.25, 0.3) is 0 Å². The lowest BCUT2D eigenvalue weighted by Gasteiger charge is -2.27. The van der Waals surface area contributed by atoms with E-state index in [0.29, 0.717) is 12.0 Å². The number of hydrogen-bond acceptors (Lipinski definition) is 3. The van der Waals surface area contributed by atoms with Gasteiger partial charge < -0.3 is 4.90 Å². The molecular weight excluding hydrogens is 212 g/mol. The van der Waals surface area contributed by atoms with Gasteiger partial charge in [0.05, 0.1) is 0 Å². The van der Waals surface area contributed by atoms with E-state index in [0.717, 1.165) is 17.8 Å². The maximum atomic E-state index is 11.3. The van der Waals surface area contributed by atoms with Crippen LogP contribution in [-0.2, 0) is 0 Å². The van der Waals surface area contributed by atoms with Gasteiger partial charge in [0.1, 0.15) is 5.82 Å². The summed E-state index contributed by atoms with van der Waals surface area (Å²) in [6, 6.07) is 4.04. The minimum atomic E-state index is 0.0820. The minimum absolute atomic E-state index is 0.0820. The zero-order chi connectivity index (χ0) is 13.0. The Balaban J connectivity index is 2.84. The largest absolute Gasteiger partial charge is 0.357 e. The van der Waals surface area contributed by atoms with Gasteiger partial charge in [0.15, 0.2) is 5.78 Å². The smallest absolute Gasteiger partial charge is 0.159 e. The summed E-state index contributed by atoms with van der Waals surface area (Å²) in [5, 5.41) is 0. The molecule has 0 saturated heterocycles. The first-order valence-electron chi connectivity index (χ1n) is 6.11. The molecule has 0 radical (unpaired) electrons. The molecule has 0 aliphatic rings. The van der Waals surface area contributed by atoms with Crippen LogP contribution in [0.1, 0.15) is 44.5 Å². The first-order valence-corrected chi connectivity index (χ1v) is 6.11. The Kier molecular flexibility index (Phi) is 4.67. The van der Waals surface area contributed by atoms with Crippen molar-refractivity contribution < 1.29 is 4.79 Å². The van der Waals surface area contributed by atoms with E-state index < -0.39 is 0 Å². The molecule has 1 aromatic heterocycles. The predicted octanol–water partition coefficient (Wildman–Crippen LogP) is 3.16. The van der Waals surface area contributed by atoms with E-state index in [1.165, 1.54) is 0 Å². The Labute approximate surface area is 104 Å². The van der Waals surface area contributed by atoms with Crippen molar-refractivity contribution in [3.05, 3.63) is 23.9 Å². The van der Waals surface area contributed by atoms with Gasteiger partial charge in [-0.05, 0) is 38.3 Å². The summed E-state index contributed by atoms with van der Waals surface area (Å²) in [7, 11) is 2.03. The molecule has 1 rings (SSSR count). The third kappa shape index (κ3) is 3.84. The Morgan fingerprint density at radius 1 is 1.41 bits per heavy atom. The van der Waals surface area contributed by atoms with E-state index in [1.54, 1.807) is 19.2 Å². The van der Waals surface area contributed by atoms with E-state index >= 15 is 0 Å². The highest BCUT2D eigenvalue weighted by atomic mass is 16.1. The number of Topliss-reactive ketones (excluding diaryl/α,β-unsaturated/α-hetero) is 1. The zero-order valence-electron chi connectivity index (χ0n) is 11.4. The van der Waals surface area contributed by atoms with Crippen LogP contribution in [0.5, 0.6) is 0 Å². The second kappa shape index (κ2) is 5.80. The summed E-state index contributed by atoms with van der Waals surface area (Å²) >= 11 is 0. The van der Waals surface area contributed by atoms with E-state index in [1.807, 2.05) is 13.1 Å². The van der Waals surface area contributed by atoms with Gasteiger partial charge in [0, 0.05) is 24.8 Å². The van der Waals surface area contributed by atoms with Crippen LogP contribution in [-0.4, -0.2) is 23.9 Å². The molecule has 17 heavy (non-hydrogen) atoms. The molecule has 0 amide bonds. The van der Waals surface area contributed by atoms with Gasteiger partial charge in [0.25, 0.3) is 0 Å². The van der Waals surface area contributed by atoms with Crippen LogP contribution >= 0.6 is 0 Å². The highest BCUT2D eigenvalue weighted by Crippen LogP contribution is 2.18. The minimum Gasteiger partial charge on any atom is -0.357 e. The quantitative estimate of drug-likeness (QED) is 0.734. The fraction of sp³-hybridized carbons (Fsp3) is 0.571. The molecule has 0 aliphatic heterocycles. The number of hydrogen-bond donors (Lipinski definition) is 0. The van der Waals surface area contributed by atoms with Crippen molar-refractivity contribution in [2.45, 2.75) is 40.2 Å². The van der Waals surface area contributed by atoms with Crippen molar-refractivity contribution in [2.24, 2.45) is 5.92 Å². The number of pyridine rings is 1. The molecule has 3 nitrogen and oxygen atoms in total. The molecule has 0 spiro atoms. The molecule has 0 aromatic carbocycles. The van der Waals surface area contributed by atoms with Crippen molar-refractivity contribution in [2.75, 3.05) is 11.9 Å². The van der Waals surface area contributed by atoms with Crippen LogP contribution in [0.2, 0.25) is 0 Å². The monoisotopic (exact) mass is 234 g/mol. The zero-order valence-corrected chi connectivity index (χ0v) is 11.4. The normalized spacial score (nSPS) is 12.6. The van der Waals surface area contributed by atoms with E-state index in [4.69, 9.17) is 0 Å². The van der Waals surface area contributed by atoms with Crippen LogP contribution in [0.3, 0.4) is 0 Å². The first-order chi connectivity index (χ1) is 7.91. The van der Waals surface area contributed by atoms with Crippen molar-refractivity contribution in [3.8, 4) is 0 Å². The third-order valence-electron chi connectivity index (χ3n) is 2.99. The lowest BCUT2D eigenvalue weighted by atomic mass is 10.0. The fourth-order valence-corrected chi connectivity index (χ4v) is 1.90. The van der Waals surface area contributed by atoms with E-state index in [2.05, 4.69) is 30.7 Å². The Bertz CT molecular complexity index is 388. The number of nitrogens with zero attached hydrogens (tertiary/aromatic N) is 2. The van der Waals surface area contributed by atoms with Crippen molar-refractivity contribution in [3.63, 3.8) is 0 Å². The maximum absolute atomic E-state index is 11.3. The lowest BCUT2D eigenvalue weighted by Crippen LogP contribution is -2.30. The number of rotatable bonds is 5. The molecule has 0 N–H and O–H groups in total. The van der Waals surface area contributed by atoms with Crippen molar-refractivity contribution in [1.29, 1.82) is 0 Å². The second-order valence-electron chi connectivity index (χ2n) is 5.05. The van der Waals surface area contributed by atoms with E-state index in [9.17, 15) is 4.79 Å². The first kappa shape index (κ1) is 13.7. The highest BCUT2D eigenvalue weighted by molar-refractivity contribution is 5.94. The predicted molar refractivity (Wildman–Crippen MR) is 71.6 cm³/mol. The number of carbonyl (C=O) groups is 1. The molecule has 0 fully saturated rings. The molecule has 1 unspecified atom stereocenters. The van der Waals surface area contributed by atoms with Gasteiger partial charge in [-0.25, -0.2) is 4.98 Å². The SMILES string of the molecule is CC(=O)c1ccnc(N(C)C(C)CC(C)C)c1. The summed E-state index contributed by atoms with van der Waals surface area (Å²) in [5.74, 6) is 1.60. The van der Waals surface area contributed by atoms with Crippen LogP contribution in [0.15, 0.2) is 18.3 Å². The summed E-state index contributed by atoms with van der Waals surface area (Å²) in [6.45, 7) is 8.19. The van der Waals surface area contributed by atoms with Crippen LogP contribution < -0.4 is 4.90 Å². The van der Waals surface area contributed by atoms with Crippen LogP contribution in [0.4, 0.5) is 5.82 Å². The molecule has 3 heteroatoms. The standard InChI is InChI=1S/C14H22N2O/c1-10(2)8-11(3)16(5)14-9-13(12(4)17)6-7-15-14/h6-7,9-11H,8H2,1-5H3. The van der Waals surface area contributed by atoms with Gasteiger partial charge in [-0.15, -0.1) is 0 Å². The van der Waals surface area contributed by atoms with Crippen molar-refractivity contribution in [1.82, 2.24) is 4.98 Å². The molecule has 1 heterocycles. The Morgan fingerprint density at radius 2 is 2.06 bits per heavy atom. The van der Waals surface area contributed by atoms with Crippen molar-refractivity contribution >= 4 is 11.6 Å². The average Bonchev–Trinajstić information content (AvgIpc) is 2.27. The van der Waals surface area contributed by atoms with Gasteiger partial charge >= 0.3 is 0 Å². The summed E-state index contributed by atoms with van der Waals surface area (Å²) in [6.07, 6.45) is 2.81. The second-order valence-corrected chi connectivity index (χ2v) is 5.05. The molecule has 1 aromatic rings. The lowest BCUT2D eigenvalue weighted by molar-refractivity contribution is 0.101. The number of anilines is 1. The summed E-state index contributed by atoms with van der Waals surface area (Å²) < 4.78 is 0. The Morgan fingerprint density at radius 3 is 2.59 bits per heavy atom. The number of ketones is 1. The maximum Gasteiger partial charge on any atom is 0.159 e. The number of carbonyl (C=O) groups excluding carboxylic acids is 1. The van der Waals surface area contributed by atoms with Gasteiger partial charge in [-0.3, -0.25) is 4.79 Å². The van der Waals surface area contributed by atoms with Crippen LogP contribution in [0, 0.1) is 5.92 Å². The summed E-state index contributed by atoms with van der Waals surface area (Å²) in [5.41, 5.74) is 0.721. The topological polar surface area (TPSA) is 33.2 Å². The molecule has 1 atom stereocenters. The number of aromatic nitrogens is 1. The Hall–Kier alpha value is -1.38. The average molecular weight is 234 g/mol. The fourth-order valence-electron chi connectivity index (χ4n) is 1.90. The van der Waals surface area contributed by atoms with E-state index in [-0.39, 0.29) is 5.78 Å².